The lowest BCUT2D eigenvalue weighted by Crippen LogP contribution is -2.38. The van der Waals surface area contributed by atoms with Crippen molar-refractivity contribution in [2.45, 2.75) is 36.6 Å². The molecule has 1 aromatic heterocycles. The van der Waals surface area contributed by atoms with Crippen LogP contribution in [0.2, 0.25) is 0 Å². The van der Waals surface area contributed by atoms with E-state index in [2.05, 4.69) is 14.6 Å². The average Bonchev–Trinajstić information content (AvgIpc) is 2.90. The van der Waals surface area contributed by atoms with Gasteiger partial charge in [0.05, 0.1) is 10.4 Å². The molecule has 154 valence electrons. The molecule has 1 fully saturated rings. The molecule has 0 radical (unpaired) electrons. The van der Waals surface area contributed by atoms with Gasteiger partial charge in [0.25, 0.3) is 0 Å². The summed E-state index contributed by atoms with van der Waals surface area (Å²) in [4.78, 5) is 16.3. The maximum absolute atomic E-state index is 12.9. The molecule has 3 aromatic rings. The number of fused-ring (bicyclic) bond motifs is 1. The second-order valence-corrected chi connectivity index (χ2v) is 9.17. The van der Waals surface area contributed by atoms with Gasteiger partial charge < -0.3 is 4.42 Å². The van der Waals surface area contributed by atoms with Crippen LogP contribution in [0.3, 0.4) is 0 Å². The second-order valence-electron chi connectivity index (χ2n) is 7.40. The quantitative estimate of drug-likeness (QED) is 0.645. The smallest absolute Gasteiger partial charge is 0.408 e. The van der Waals surface area contributed by atoms with Gasteiger partial charge in [0, 0.05) is 12.6 Å². The van der Waals surface area contributed by atoms with Gasteiger partial charge in [0.15, 0.2) is 5.58 Å². The molecule has 8 heteroatoms. The van der Waals surface area contributed by atoms with Crippen LogP contribution >= 0.6 is 0 Å². The van der Waals surface area contributed by atoms with Crippen LogP contribution in [0.5, 0.6) is 0 Å². The molecule has 1 atom stereocenters. The zero-order chi connectivity index (χ0) is 20.3. The molecule has 0 unspecified atom stereocenters. The van der Waals surface area contributed by atoms with Crippen molar-refractivity contribution in [3.63, 3.8) is 0 Å². The number of rotatable bonds is 6. The van der Waals surface area contributed by atoms with E-state index >= 15 is 0 Å². The van der Waals surface area contributed by atoms with E-state index in [0.29, 0.717) is 11.1 Å². The molecule has 4 rings (SSSR count). The minimum atomic E-state index is -3.73. The van der Waals surface area contributed by atoms with Gasteiger partial charge in [-0.2, -0.15) is 0 Å². The molecular weight excluding hydrogens is 390 g/mol. The average molecular weight is 416 g/mol. The summed E-state index contributed by atoms with van der Waals surface area (Å²) in [7, 11) is -3.73. The van der Waals surface area contributed by atoms with E-state index in [0.717, 1.165) is 31.5 Å². The summed E-state index contributed by atoms with van der Waals surface area (Å²) < 4.78 is 33.6. The highest BCUT2D eigenvalue weighted by atomic mass is 32.2. The van der Waals surface area contributed by atoms with Crippen LogP contribution in [0.15, 0.2) is 62.6 Å². The van der Waals surface area contributed by atoms with E-state index in [4.69, 9.17) is 4.42 Å². The molecule has 0 saturated carbocycles. The number of benzene rings is 2. The number of hydrogen-bond donors (Lipinski definition) is 2. The number of sulfonamides is 1. The van der Waals surface area contributed by atoms with Gasteiger partial charge in [-0.15, -0.1) is 0 Å². The first-order chi connectivity index (χ1) is 14.0. The molecule has 1 saturated heterocycles. The van der Waals surface area contributed by atoms with Crippen molar-refractivity contribution in [2.24, 2.45) is 0 Å². The maximum atomic E-state index is 12.9. The van der Waals surface area contributed by atoms with Gasteiger partial charge in [0.1, 0.15) is 0 Å². The van der Waals surface area contributed by atoms with Gasteiger partial charge in [-0.3, -0.25) is 9.88 Å². The lowest BCUT2D eigenvalue weighted by molar-refractivity contribution is 0.206. The van der Waals surface area contributed by atoms with Crippen LogP contribution in [-0.2, 0) is 10.0 Å². The van der Waals surface area contributed by atoms with E-state index in [1.165, 1.54) is 31.0 Å². The van der Waals surface area contributed by atoms with E-state index in [-0.39, 0.29) is 17.5 Å². The minimum absolute atomic E-state index is 0.0264. The van der Waals surface area contributed by atoms with Crippen LogP contribution in [0.25, 0.3) is 11.1 Å². The summed E-state index contributed by atoms with van der Waals surface area (Å²) in [5.41, 5.74) is 1.80. The van der Waals surface area contributed by atoms with Crippen molar-refractivity contribution in [3.8, 4) is 0 Å². The van der Waals surface area contributed by atoms with Crippen LogP contribution in [0.1, 0.15) is 37.3 Å². The van der Waals surface area contributed by atoms with Crippen molar-refractivity contribution >= 4 is 21.1 Å². The van der Waals surface area contributed by atoms with Crippen LogP contribution in [0, 0.1) is 0 Å². The summed E-state index contributed by atoms with van der Waals surface area (Å²) in [5, 5.41) is 0. The fourth-order valence-electron chi connectivity index (χ4n) is 3.91. The SMILES string of the molecule is O=c1[nH]c2cc(S(=O)(=O)NC[C@H](c3ccccc3)N3CCCCCC3)ccc2o1. The molecule has 0 bridgehead atoms. The summed E-state index contributed by atoms with van der Waals surface area (Å²) in [6.07, 6.45) is 4.68. The van der Waals surface area contributed by atoms with Gasteiger partial charge >= 0.3 is 5.76 Å². The van der Waals surface area contributed by atoms with E-state index in [1.807, 2.05) is 30.3 Å². The summed E-state index contributed by atoms with van der Waals surface area (Å²) in [6.45, 7) is 2.21. The van der Waals surface area contributed by atoms with Crippen molar-refractivity contribution in [2.75, 3.05) is 19.6 Å². The highest BCUT2D eigenvalue weighted by molar-refractivity contribution is 7.89. The number of oxazole rings is 1. The molecule has 7 nitrogen and oxygen atoms in total. The number of aromatic amines is 1. The Balaban J connectivity index is 1.57. The third-order valence-corrected chi connectivity index (χ3v) is 6.85. The highest BCUT2D eigenvalue weighted by Crippen LogP contribution is 2.25. The zero-order valence-electron chi connectivity index (χ0n) is 16.1. The van der Waals surface area contributed by atoms with Crippen molar-refractivity contribution in [1.82, 2.24) is 14.6 Å². The molecule has 1 aliphatic heterocycles. The van der Waals surface area contributed by atoms with Gasteiger partial charge in [-0.1, -0.05) is 43.2 Å². The zero-order valence-corrected chi connectivity index (χ0v) is 17.0. The van der Waals surface area contributed by atoms with Crippen LogP contribution < -0.4 is 10.5 Å². The highest BCUT2D eigenvalue weighted by Gasteiger charge is 2.24. The second kappa shape index (κ2) is 8.52. The Hall–Kier alpha value is -2.42. The van der Waals surface area contributed by atoms with E-state index in [1.54, 1.807) is 0 Å². The van der Waals surface area contributed by atoms with Gasteiger partial charge in [-0.05, 0) is 49.7 Å². The molecule has 0 spiro atoms. The van der Waals surface area contributed by atoms with Crippen LogP contribution in [0.4, 0.5) is 0 Å². The van der Waals surface area contributed by atoms with Crippen molar-refractivity contribution in [3.05, 3.63) is 64.6 Å². The van der Waals surface area contributed by atoms with Gasteiger partial charge in [0.2, 0.25) is 10.0 Å². The first-order valence-corrected chi connectivity index (χ1v) is 11.4. The Morgan fingerprint density at radius 2 is 1.76 bits per heavy atom. The van der Waals surface area contributed by atoms with Crippen molar-refractivity contribution in [1.29, 1.82) is 0 Å². The number of nitrogens with zero attached hydrogens (tertiary/aromatic N) is 1. The summed E-state index contributed by atoms with van der Waals surface area (Å²) >= 11 is 0. The summed E-state index contributed by atoms with van der Waals surface area (Å²) in [6, 6.07) is 14.4. The third kappa shape index (κ3) is 4.60. The van der Waals surface area contributed by atoms with Gasteiger partial charge in [-0.25, -0.2) is 17.9 Å². The Morgan fingerprint density at radius 1 is 1.03 bits per heavy atom. The number of aromatic nitrogens is 1. The lowest BCUT2D eigenvalue weighted by atomic mass is 10.1. The first-order valence-electron chi connectivity index (χ1n) is 9.94. The van der Waals surface area contributed by atoms with Crippen molar-refractivity contribution < 1.29 is 12.8 Å². The minimum Gasteiger partial charge on any atom is -0.408 e. The maximum Gasteiger partial charge on any atom is 0.417 e. The normalized spacial score (nSPS) is 17.2. The Bertz CT molecular complexity index is 1110. The third-order valence-electron chi connectivity index (χ3n) is 5.43. The molecule has 2 aromatic carbocycles. The Morgan fingerprint density at radius 3 is 2.48 bits per heavy atom. The fourth-order valence-corrected chi connectivity index (χ4v) is 4.97. The molecule has 2 N–H and O–H groups in total. The predicted octanol–water partition coefficient (Wildman–Crippen LogP) is 3.02. The molecule has 1 aliphatic rings. The fraction of sp³-hybridized carbons (Fsp3) is 0.381. The largest absolute Gasteiger partial charge is 0.417 e. The number of nitrogens with one attached hydrogen (secondary N) is 2. The number of H-pyrrole nitrogens is 1. The number of hydrogen-bond acceptors (Lipinski definition) is 5. The standard InChI is InChI=1S/C21H25N3O4S/c25-21-23-18-14-17(10-11-20(18)28-21)29(26,27)22-15-19(16-8-4-3-5-9-16)24-12-6-1-2-7-13-24/h3-5,8-11,14,19,22H,1-2,6-7,12-13,15H2,(H,23,25)/t19-/m1/s1. The molecule has 0 aliphatic carbocycles. The topological polar surface area (TPSA) is 95.4 Å². The first kappa shape index (κ1) is 19.9. The molecular formula is C21H25N3O4S. The Kier molecular flexibility index (Phi) is 5.84. The summed E-state index contributed by atoms with van der Waals surface area (Å²) in [5.74, 6) is -0.604. The van der Waals surface area contributed by atoms with E-state index in [9.17, 15) is 13.2 Å². The molecule has 2 heterocycles. The predicted molar refractivity (Wildman–Crippen MR) is 111 cm³/mol. The monoisotopic (exact) mass is 415 g/mol. The lowest BCUT2D eigenvalue weighted by Gasteiger charge is -2.31. The number of likely N-dealkylation sites (tertiary alicyclic amines) is 1. The van der Waals surface area contributed by atoms with E-state index < -0.39 is 15.8 Å². The molecule has 0 amide bonds. The van der Waals surface area contributed by atoms with Crippen LogP contribution in [-0.4, -0.2) is 37.9 Å². The Labute approximate surface area is 169 Å². The molecule has 29 heavy (non-hydrogen) atoms.